The summed E-state index contributed by atoms with van der Waals surface area (Å²) in [4.78, 5) is 27.3. The number of amides is 1. The molecule has 0 unspecified atom stereocenters. The fourth-order valence-electron chi connectivity index (χ4n) is 3.67. The summed E-state index contributed by atoms with van der Waals surface area (Å²) < 4.78 is 10.8. The van der Waals surface area contributed by atoms with Gasteiger partial charge in [0.15, 0.2) is 11.5 Å². The van der Waals surface area contributed by atoms with Crippen molar-refractivity contribution in [3.63, 3.8) is 0 Å². The summed E-state index contributed by atoms with van der Waals surface area (Å²) in [6.45, 7) is 0.859. The number of carbonyl (C=O) groups is 2. The fourth-order valence-corrected chi connectivity index (χ4v) is 4.18. The van der Waals surface area contributed by atoms with E-state index in [2.05, 4.69) is 0 Å². The van der Waals surface area contributed by atoms with Crippen LogP contribution >= 0.6 is 23.2 Å². The third-order valence-corrected chi connectivity index (χ3v) is 5.54. The third kappa shape index (κ3) is 3.32. The molecule has 2 aromatic rings. The first-order valence-electron chi connectivity index (χ1n) is 8.86. The quantitative estimate of drug-likeness (QED) is 0.725. The number of rotatable bonds is 5. The van der Waals surface area contributed by atoms with Crippen molar-refractivity contribution < 1.29 is 23.8 Å². The van der Waals surface area contributed by atoms with Gasteiger partial charge in [-0.15, -0.1) is 0 Å². The van der Waals surface area contributed by atoms with Gasteiger partial charge >= 0.3 is 0 Å². The maximum atomic E-state index is 13.0. The van der Waals surface area contributed by atoms with Crippen LogP contribution in [-0.4, -0.2) is 41.0 Å². The minimum Gasteiger partial charge on any atom is -0.503 e. The van der Waals surface area contributed by atoms with E-state index in [1.165, 1.54) is 23.3 Å². The summed E-state index contributed by atoms with van der Waals surface area (Å²) in [6, 6.07) is 7.00. The van der Waals surface area contributed by atoms with E-state index in [0.29, 0.717) is 22.2 Å². The van der Waals surface area contributed by atoms with Crippen LogP contribution in [0.3, 0.4) is 0 Å². The number of Topliss-reactive ketones (excluding diaryl/α,β-unsaturated/α-hetero) is 1. The Labute approximate surface area is 171 Å². The molecule has 0 saturated carbocycles. The Morgan fingerprint density at radius 3 is 2.75 bits per heavy atom. The van der Waals surface area contributed by atoms with Crippen molar-refractivity contribution in [3.05, 3.63) is 69.3 Å². The number of benzene rings is 1. The normalized spacial score (nSPS) is 22.4. The molecule has 4 rings (SSSR count). The number of hydrogen-bond donors (Lipinski definition) is 1. The largest absolute Gasteiger partial charge is 0.503 e. The molecular weight excluding hydrogens is 405 g/mol. The smallest absolute Gasteiger partial charge is 0.290 e. The number of nitrogens with zero attached hydrogens (tertiary/aromatic N) is 1. The number of aliphatic hydroxyl groups is 1. The second-order valence-corrected chi connectivity index (χ2v) is 7.57. The number of ketones is 1. The Bertz CT molecular complexity index is 948. The molecule has 1 aromatic carbocycles. The standard InChI is InChI=1S/C20H17Cl2NO5/c21-11-5-6-13(14(22)9-11)17-16(18(24)15-4-2-8-28-15)19(25)20(26)23(17)10-12-3-1-7-27-12/h2,4-6,8-9,12,17,25H,1,3,7,10H2/t12-,17+/m0/s1. The number of ether oxygens (including phenoxy) is 1. The lowest BCUT2D eigenvalue weighted by Crippen LogP contribution is -2.37. The van der Waals surface area contributed by atoms with Gasteiger partial charge in [0.1, 0.15) is 0 Å². The molecule has 0 spiro atoms. The molecule has 1 amide bonds. The van der Waals surface area contributed by atoms with Crippen LogP contribution in [0.4, 0.5) is 0 Å². The highest BCUT2D eigenvalue weighted by atomic mass is 35.5. The lowest BCUT2D eigenvalue weighted by atomic mass is 9.95. The SMILES string of the molecule is O=C(C1=C(O)C(=O)N(C[C@@H]2CCCO2)[C@@H]1c1ccc(Cl)cc1Cl)c1ccco1. The molecule has 3 heterocycles. The van der Waals surface area contributed by atoms with Gasteiger partial charge < -0.3 is 19.2 Å². The third-order valence-electron chi connectivity index (χ3n) is 4.97. The topological polar surface area (TPSA) is 80.0 Å². The highest BCUT2D eigenvalue weighted by Gasteiger charge is 2.46. The van der Waals surface area contributed by atoms with Crippen molar-refractivity contribution in [2.75, 3.05) is 13.2 Å². The monoisotopic (exact) mass is 421 g/mol. The predicted octanol–water partition coefficient (Wildman–Crippen LogP) is 4.34. The molecule has 1 N–H and O–H groups in total. The van der Waals surface area contributed by atoms with Crippen molar-refractivity contribution >= 4 is 34.9 Å². The van der Waals surface area contributed by atoms with Crippen LogP contribution in [0.15, 0.2) is 52.3 Å². The summed E-state index contributed by atoms with van der Waals surface area (Å²) in [6.07, 6.45) is 2.89. The van der Waals surface area contributed by atoms with Crippen LogP contribution in [0.2, 0.25) is 10.0 Å². The minimum atomic E-state index is -0.862. The molecule has 2 aliphatic heterocycles. The van der Waals surface area contributed by atoms with Crippen molar-refractivity contribution in [2.24, 2.45) is 0 Å². The van der Waals surface area contributed by atoms with Crippen LogP contribution in [0, 0.1) is 0 Å². The van der Waals surface area contributed by atoms with Gasteiger partial charge in [0.25, 0.3) is 5.91 Å². The summed E-state index contributed by atoms with van der Waals surface area (Å²) >= 11 is 12.4. The average Bonchev–Trinajstić information content (AvgIpc) is 3.40. The zero-order valence-corrected chi connectivity index (χ0v) is 16.2. The van der Waals surface area contributed by atoms with Gasteiger partial charge in [-0.25, -0.2) is 0 Å². The van der Waals surface area contributed by atoms with E-state index >= 15 is 0 Å². The van der Waals surface area contributed by atoms with Crippen LogP contribution in [0.1, 0.15) is 35.0 Å². The Kier molecular flexibility index (Phi) is 5.19. The highest BCUT2D eigenvalue weighted by Crippen LogP contribution is 2.42. The second-order valence-electron chi connectivity index (χ2n) is 6.73. The van der Waals surface area contributed by atoms with Crippen LogP contribution in [-0.2, 0) is 9.53 Å². The predicted molar refractivity (Wildman–Crippen MR) is 103 cm³/mol. The molecule has 2 aliphatic rings. The first kappa shape index (κ1) is 19.1. The van der Waals surface area contributed by atoms with Crippen LogP contribution in [0.5, 0.6) is 0 Å². The maximum absolute atomic E-state index is 13.0. The Morgan fingerprint density at radius 2 is 2.11 bits per heavy atom. The Balaban J connectivity index is 1.79. The molecule has 28 heavy (non-hydrogen) atoms. The van der Waals surface area contributed by atoms with E-state index in [9.17, 15) is 14.7 Å². The molecule has 146 valence electrons. The van der Waals surface area contributed by atoms with Gasteiger partial charge in [0.2, 0.25) is 5.78 Å². The van der Waals surface area contributed by atoms with E-state index in [1.807, 2.05) is 0 Å². The lowest BCUT2D eigenvalue weighted by molar-refractivity contribution is -0.131. The number of hydrogen-bond acceptors (Lipinski definition) is 5. The van der Waals surface area contributed by atoms with Crippen molar-refractivity contribution in [3.8, 4) is 0 Å². The van der Waals surface area contributed by atoms with Gasteiger partial charge in [-0.3, -0.25) is 9.59 Å². The zero-order chi connectivity index (χ0) is 19.8. The van der Waals surface area contributed by atoms with E-state index < -0.39 is 23.5 Å². The second kappa shape index (κ2) is 7.62. The Hall–Kier alpha value is -2.28. The molecular formula is C20H17Cl2NO5. The molecule has 1 saturated heterocycles. The number of aliphatic hydroxyl groups excluding tert-OH is 1. The van der Waals surface area contributed by atoms with Crippen LogP contribution in [0.25, 0.3) is 0 Å². The highest BCUT2D eigenvalue weighted by molar-refractivity contribution is 6.35. The molecule has 8 heteroatoms. The zero-order valence-electron chi connectivity index (χ0n) is 14.7. The van der Waals surface area contributed by atoms with Crippen molar-refractivity contribution in [2.45, 2.75) is 25.0 Å². The van der Waals surface area contributed by atoms with Gasteiger partial charge in [-0.05, 0) is 42.7 Å². The number of carbonyl (C=O) groups excluding carboxylic acids is 2. The summed E-state index contributed by atoms with van der Waals surface area (Å²) in [5.74, 6) is -1.78. The van der Waals surface area contributed by atoms with Gasteiger partial charge in [0.05, 0.1) is 24.0 Å². The number of furan rings is 1. The molecule has 2 atom stereocenters. The molecule has 0 radical (unpaired) electrons. The van der Waals surface area contributed by atoms with Crippen molar-refractivity contribution in [1.29, 1.82) is 0 Å². The van der Waals surface area contributed by atoms with E-state index in [-0.39, 0.29) is 24.0 Å². The van der Waals surface area contributed by atoms with Gasteiger partial charge in [-0.2, -0.15) is 0 Å². The number of halogens is 2. The van der Waals surface area contributed by atoms with E-state index in [0.717, 1.165) is 12.8 Å². The summed E-state index contributed by atoms with van der Waals surface area (Å²) in [5.41, 5.74) is 0.429. The van der Waals surface area contributed by atoms with E-state index in [1.54, 1.807) is 18.2 Å². The molecule has 1 aromatic heterocycles. The minimum absolute atomic E-state index is 0.0309. The molecule has 1 fully saturated rings. The molecule has 0 aliphatic carbocycles. The molecule has 6 nitrogen and oxygen atoms in total. The summed E-state index contributed by atoms with van der Waals surface area (Å²) in [5, 5.41) is 11.3. The lowest BCUT2D eigenvalue weighted by Gasteiger charge is -2.29. The fraction of sp³-hybridized carbons (Fsp3) is 0.300. The Morgan fingerprint density at radius 1 is 1.29 bits per heavy atom. The first-order chi connectivity index (χ1) is 13.5. The van der Waals surface area contributed by atoms with Gasteiger partial charge in [-0.1, -0.05) is 29.3 Å². The maximum Gasteiger partial charge on any atom is 0.290 e. The van der Waals surface area contributed by atoms with Gasteiger partial charge in [0, 0.05) is 23.2 Å². The average molecular weight is 422 g/mol. The van der Waals surface area contributed by atoms with Crippen LogP contribution < -0.4 is 0 Å². The van der Waals surface area contributed by atoms with Crippen molar-refractivity contribution in [1.82, 2.24) is 4.90 Å². The molecule has 0 bridgehead atoms. The summed E-state index contributed by atoms with van der Waals surface area (Å²) in [7, 11) is 0. The first-order valence-corrected chi connectivity index (χ1v) is 9.62. The van der Waals surface area contributed by atoms with E-state index in [4.69, 9.17) is 32.4 Å².